The van der Waals surface area contributed by atoms with E-state index in [-0.39, 0.29) is 22.6 Å². The molecule has 0 radical (unpaired) electrons. The van der Waals surface area contributed by atoms with E-state index < -0.39 is 28.1 Å². The summed E-state index contributed by atoms with van der Waals surface area (Å²) in [6, 6.07) is 5.38. The smallest absolute Gasteiger partial charge is 0.331 e. The van der Waals surface area contributed by atoms with Gasteiger partial charge in [-0.05, 0) is 31.9 Å². The highest BCUT2D eigenvalue weighted by Crippen LogP contribution is 2.22. The number of hydrogen-bond donors (Lipinski definition) is 2. The normalized spacial score (nSPS) is 18.7. The molecule has 0 aliphatic carbocycles. The first kappa shape index (κ1) is 19.9. The molecule has 1 aromatic rings. The second-order valence-corrected chi connectivity index (χ2v) is 8.12. The number of benzene rings is 1. The molecule has 1 aliphatic heterocycles. The number of fused-ring (bicyclic) bond motifs is 1. The summed E-state index contributed by atoms with van der Waals surface area (Å²) in [6.07, 6.45) is -0.962. The first-order valence-electron chi connectivity index (χ1n) is 8.30. The summed E-state index contributed by atoms with van der Waals surface area (Å²) in [7, 11) is -3.68. The van der Waals surface area contributed by atoms with Gasteiger partial charge in [0.05, 0.1) is 4.90 Å². The van der Waals surface area contributed by atoms with E-state index in [0.717, 1.165) is 0 Å². The van der Waals surface area contributed by atoms with Crippen LogP contribution in [0.3, 0.4) is 0 Å². The average molecular weight is 381 g/mol. The molecule has 1 heterocycles. The fourth-order valence-corrected chi connectivity index (χ4v) is 3.49. The van der Waals surface area contributed by atoms with Crippen molar-refractivity contribution in [3.63, 3.8) is 0 Å². The third kappa shape index (κ3) is 4.60. The van der Waals surface area contributed by atoms with Crippen LogP contribution in [0.25, 0.3) is 0 Å². The van der Waals surface area contributed by atoms with Crippen molar-refractivity contribution < 1.29 is 22.7 Å². The lowest BCUT2D eigenvalue weighted by Crippen LogP contribution is -2.39. The van der Waals surface area contributed by atoms with Crippen LogP contribution < -0.4 is 10.0 Å². The number of nitrogens with one attached hydrogen (secondary N) is 2. The fourth-order valence-electron chi connectivity index (χ4n) is 2.25. The van der Waals surface area contributed by atoms with E-state index in [0.29, 0.717) is 12.1 Å². The zero-order valence-electron chi connectivity index (χ0n) is 15.1. The Morgan fingerprint density at radius 3 is 2.50 bits per heavy atom. The van der Waals surface area contributed by atoms with Gasteiger partial charge in [-0.15, -0.1) is 0 Å². The molecule has 0 bridgehead atoms. The van der Waals surface area contributed by atoms with Crippen LogP contribution in [0.5, 0.6) is 0 Å². The molecule has 1 unspecified atom stereocenters. The third-order valence-corrected chi connectivity index (χ3v) is 5.07. The molecule has 9 heteroatoms. The Bertz CT molecular complexity index is 833. The number of sulfonamides is 1. The van der Waals surface area contributed by atoms with Crippen molar-refractivity contribution in [3.8, 4) is 0 Å². The molecule has 8 nitrogen and oxygen atoms in total. The highest BCUT2D eigenvalue weighted by Gasteiger charge is 2.31. The minimum Gasteiger partial charge on any atom is -0.451 e. The first-order valence-corrected chi connectivity index (χ1v) is 9.78. The Labute approximate surface area is 153 Å². The number of ether oxygens (including phenoxy) is 1. The molecule has 2 N–H and O–H groups in total. The van der Waals surface area contributed by atoms with Crippen LogP contribution in [-0.2, 0) is 24.3 Å². The molecule has 0 aromatic heterocycles. The number of rotatable bonds is 6. The van der Waals surface area contributed by atoms with Gasteiger partial charge in [-0.3, -0.25) is 14.5 Å². The van der Waals surface area contributed by atoms with Gasteiger partial charge in [-0.2, -0.15) is 0 Å². The monoisotopic (exact) mass is 381 g/mol. The lowest BCUT2D eigenvalue weighted by Gasteiger charge is -2.16. The molecule has 2 atom stereocenters. The highest BCUT2D eigenvalue weighted by molar-refractivity contribution is 7.90. The van der Waals surface area contributed by atoms with E-state index in [9.17, 15) is 18.0 Å². The summed E-state index contributed by atoms with van der Waals surface area (Å²) in [5.41, 5.74) is 0.398. The van der Waals surface area contributed by atoms with E-state index in [1.54, 1.807) is 18.2 Å². The van der Waals surface area contributed by atoms with Crippen LogP contribution in [-0.4, -0.2) is 44.8 Å². The summed E-state index contributed by atoms with van der Waals surface area (Å²) in [4.78, 5) is 28.3. The van der Waals surface area contributed by atoms with Crippen LogP contribution in [0.4, 0.5) is 0 Å². The van der Waals surface area contributed by atoms with E-state index >= 15 is 0 Å². The molecule has 26 heavy (non-hydrogen) atoms. The minimum absolute atomic E-state index is 0.0852. The standard InChI is InChI=1S/C17H23N3O5S/c1-10(2)9-18-16(21)12(4)25-17(22)11(3)19-15-13-7-5-6-8-14(13)26(23,24)20-15/h5-8,10-12H,9H2,1-4H3,(H,18,21)(H,19,20)/t11-,12?/m0/s1. The van der Waals surface area contributed by atoms with Gasteiger partial charge in [0, 0.05) is 12.1 Å². The second kappa shape index (κ2) is 7.86. The van der Waals surface area contributed by atoms with Crippen LogP contribution in [0, 0.1) is 5.92 Å². The van der Waals surface area contributed by atoms with Crippen molar-refractivity contribution >= 4 is 27.7 Å². The number of nitrogens with zero attached hydrogens (tertiary/aromatic N) is 1. The van der Waals surface area contributed by atoms with Crippen LogP contribution >= 0.6 is 0 Å². The number of amides is 1. The molecular weight excluding hydrogens is 358 g/mol. The van der Waals surface area contributed by atoms with Gasteiger partial charge >= 0.3 is 5.97 Å². The Balaban J connectivity index is 2.06. The molecule has 1 aromatic carbocycles. The Morgan fingerprint density at radius 2 is 1.85 bits per heavy atom. The Morgan fingerprint density at radius 1 is 1.19 bits per heavy atom. The number of amidine groups is 1. The third-order valence-electron chi connectivity index (χ3n) is 3.67. The van der Waals surface area contributed by atoms with E-state index in [1.165, 1.54) is 19.9 Å². The maximum atomic E-state index is 12.2. The van der Waals surface area contributed by atoms with E-state index in [1.807, 2.05) is 13.8 Å². The Hall–Kier alpha value is -2.42. The predicted molar refractivity (Wildman–Crippen MR) is 96.2 cm³/mol. The van der Waals surface area contributed by atoms with Crippen molar-refractivity contribution in [1.29, 1.82) is 0 Å². The lowest BCUT2D eigenvalue weighted by molar-refractivity contribution is -0.155. The minimum atomic E-state index is -3.68. The summed E-state index contributed by atoms with van der Waals surface area (Å²) in [5.74, 6) is -0.739. The zero-order valence-corrected chi connectivity index (χ0v) is 16.0. The molecule has 0 saturated heterocycles. The predicted octanol–water partition coefficient (Wildman–Crippen LogP) is 0.817. The molecule has 2 rings (SSSR count). The summed E-state index contributed by atoms with van der Waals surface area (Å²) in [5, 5.41) is 2.68. The zero-order chi connectivity index (χ0) is 19.5. The number of carbonyl (C=O) groups is 2. The first-order chi connectivity index (χ1) is 12.1. The molecule has 0 fully saturated rings. The van der Waals surface area contributed by atoms with Crippen molar-refractivity contribution in [2.75, 3.05) is 6.54 Å². The van der Waals surface area contributed by atoms with Crippen molar-refractivity contribution in [2.24, 2.45) is 10.9 Å². The molecule has 1 amide bonds. The van der Waals surface area contributed by atoms with Gasteiger partial charge in [-0.25, -0.2) is 13.2 Å². The summed E-state index contributed by atoms with van der Waals surface area (Å²) >= 11 is 0. The number of esters is 1. The van der Waals surface area contributed by atoms with E-state index in [4.69, 9.17) is 4.74 Å². The highest BCUT2D eigenvalue weighted by atomic mass is 32.2. The van der Waals surface area contributed by atoms with E-state index in [2.05, 4.69) is 15.0 Å². The lowest BCUT2D eigenvalue weighted by atomic mass is 10.2. The molecular formula is C17H23N3O5S. The maximum absolute atomic E-state index is 12.2. The summed E-state index contributed by atoms with van der Waals surface area (Å²) in [6.45, 7) is 7.34. The fraction of sp³-hybridized carbons (Fsp3) is 0.471. The van der Waals surface area contributed by atoms with Gasteiger partial charge in [0.1, 0.15) is 11.9 Å². The summed E-state index contributed by atoms with van der Waals surface area (Å²) < 4.78 is 31.5. The quantitative estimate of drug-likeness (QED) is 0.708. The molecule has 1 aliphatic rings. The van der Waals surface area contributed by atoms with Gasteiger partial charge in [0.2, 0.25) is 0 Å². The average Bonchev–Trinajstić information content (AvgIpc) is 2.83. The topological polar surface area (TPSA) is 114 Å². The van der Waals surface area contributed by atoms with Crippen molar-refractivity contribution in [3.05, 3.63) is 29.8 Å². The van der Waals surface area contributed by atoms with Crippen LogP contribution in [0.15, 0.2) is 34.2 Å². The molecule has 142 valence electrons. The molecule has 0 saturated carbocycles. The van der Waals surface area contributed by atoms with Crippen LogP contribution in [0.2, 0.25) is 0 Å². The maximum Gasteiger partial charge on any atom is 0.331 e. The SMILES string of the molecule is CC(C)CNC(=O)C(C)OC(=O)[C@H](C)N=C1NS(=O)(=O)c2ccccc21. The number of aliphatic imine (C=N–C) groups is 1. The van der Waals surface area contributed by atoms with Gasteiger partial charge in [0.15, 0.2) is 6.10 Å². The second-order valence-electron chi connectivity index (χ2n) is 6.47. The largest absolute Gasteiger partial charge is 0.451 e. The Kier molecular flexibility index (Phi) is 6.01. The van der Waals surface area contributed by atoms with Crippen molar-refractivity contribution in [1.82, 2.24) is 10.0 Å². The number of carbonyl (C=O) groups excluding carboxylic acids is 2. The molecule has 0 spiro atoms. The van der Waals surface area contributed by atoms with Crippen molar-refractivity contribution in [2.45, 2.75) is 44.7 Å². The van der Waals surface area contributed by atoms with Gasteiger partial charge in [0.25, 0.3) is 15.9 Å². The van der Waals surface area contributed by atoms with Gasteiger partial charge < -0.3 is 10.1 Å². The number of hydrogen-bond acceptors (Lipinski definition) is 6. The van der Waals surface area contributed by atoms with Crippen LogP contribution in [0.1, 0.15) is 33.3 Å². The van der Waals surface area contributed by atoms with Gasteiger partial charge in [-0.1, -0.05) is 26.0 Å².